The van der Waals surface area contributed by atoms with E-state index in [1.165, 1.54) is 77.0 Å². The molecule has 10 heteroatoms. The number of nitrogens with zero attached hydrogens (tertiary/aromatic N) is 1. The van der Waals surface area contributed by atoms with E-state index in [0.717, 1.165) is 44.9 Å². The van der Waals surface area contributed by atoms with Gasteiger partial charge in [0.25, 0.3) is 7.82 Å². The molecule has 0 rings (SSSR count). The summed E-state index contributed by atoms with van der Waals surface area (Å²) in [6, 6.07) is 0. The van der Waals surface area contributed by atoms with Crippen LogP contribution < -0.4 is 4.89 Å². The zero-order valence-corrected chi connectivity index (χ0v) is 40.7. The second-order valence-electron chi connectivity index (χ2n) is 16.8. The molecular formula is C52H88NO8P. The Morgan fingerprint density at radius 2 is 0.871 bits per heavy atom. The highest BCUT2D eigenvalue weighted by Crippen LogP contribution is 2.38. The first-order valence-electron chi connectivity index (χ1n) is 23.9. The molecule has 0 spiro atoms. The van der Waals surface area contributed by atoms with Crippen molar-refractivity contribution < 1.29 is 42.1 Å². The van der Waals surface area contributed by atoms with Crippen molar-refractivity contribution in [3.63, 3.8) is 0 Å². The van der Waals surface area contributed by atoms with E-state index < -0.39 is 32.5 Å². The second kappa shape index (κ2) is 43.2. The minimum absolute atomic E-state index is 0.0548. The van der Waals surface area contributed by atoms with Crippen molar-refractivity contribution in [3.05, 3.63) is 97.2 Å². The van der Waals surface area contributed by atoms with Crippen LogP contribution in [0.3, 0.4) is 0 Å². The number of rotatable bonds is 42. The highest BCUT2D eigenvalue weighted by atomic mass is 31.2. The summed E-state index contributed by atoms with van der Waals surface area (Å²) >= 11 is 0. The van der Waals surface area contributed by atoms with Gasteiger partial charge in [0.1, 0.15) is 19.8 Å². The third-order valence-corrected chi connectivity index (χ3v) is 10.5. The van der Waals surface area contributed by atoms with Crippen molar-refractivity contribution in [1.82, 2.24) is 0 Å². The number of phosphoric acid groups is 1. The number of esters is 2. The van der Waals surface area contributed by atoms with Crippen LogP contribution in [0, 0.1) is 0 Å². The summed E-state index contributed by atoms with van der Waals surface area (Å²) in [5.74, 6) is -0.974. The lowest BCUT2D eigenvalue weighted by molar-refractivity contribution is -0.870. The quantitative estimate of drug-likeness (QED) is 0.0196. The third-order valence-electron chi connectivity index (χ3n) is 9.58. The molecule has 0 aromatic heterocycles. The highest BCUT2D eigenvalue weighted by Gasteiger charge is 2.21. The predicted molar refractivity (Wildman–Crippen MR) is 259 cm³/mol. The molecule has 0 fully saturated rings. The topological polar surface area (TPSA) is 111 Å². The van der Waals surface area contributed by atoms with Crippen LogP contribution in [0.4, 0.5) is 0 Å². The van der Waals surface area contributed by atoms with Crippen LogP contribution in [0.1, 0.15) is 168 Å². The molecule has 0 aliphatic rings. The molecular weight excluding hydrogens is 798 g/mol. The van der Waals surface area contributed by atoms with E-state index in [0.29, 0.717) is 30.3 Å². The van der Waals surface area contributed by atoms with Gasteiger partial charge in [-0.3, -0.25) is 14.2 Å². The van der Waals surface area contributed by atoms with Gasteiger partial charge < -0.3 is 27.9 Å². The van der Waals surface area contributed by atoms with E-state index in [4.69, 9.17) is 18.5 Å². The first-order valence-corrected chi connectivity index (χ1v) is 25.4. The van der Waals surface area contributed by atoms with Gasteiger partial charge in [0.15, 0.2) is 6.10 Å². The number of allylic oxidation sites excluding steroid dienone is 16. The summed E-state index contributed by atoms with van der Waals surface area (Å²) in [7, 11) is 1.09. The molecule has 62 heavy (non-hydrogen) atoms. The number of ether oxygens (including phenoxy) is 2. The Bertz CT molecular complexity index is 1370. The number of quaternary nitrogens is 1. The van der Waals surface area contributed by atoms with Crippen molar-refractivity contribution in [3.8, 4) is 0 Å². The number of unbranched alkanes of at least 4 members (excludes halogenated alkanes) is 12. The van der Waals surface area contributed by atoms with Gasteiger partial charge >= 0.3 is 11.9 Å². The largest absolute Gasteiger partial charge is 0.756 e. The number of carbonyl (C=O) groups is 2. The van der Waals surface area contributed by atoms with E-state index in [1.807, 2.05) is 33.3 Å². The van der Waals surface area contributed by atoms with E-state index in [2.05, 4.69) is 98.9 Å². The Morgan fingerprint density at radius 1 is 0.500 bits per heavy atom. The van der Waals surface area contributed by atoms with Gasteiger partial charge in [0.2, 0.25) is 0 Å². The van der Waals surface area contributed by atoms with Gasteiger partial charge in [-0.25, -0.2) is 0 Å². The van der Waals surface area contributed by atoms with Crippen molar-refractivity contribution in [1.29, 1.82) is 0 Å². The van der Waals surface area contributed by atoms with Crippen LogP contribution in [-0.2, 0) is 32.7 Å². The lowest BCUT2D eigenvalue weighted by Crippen LogP contribution is -2.37. The monoisotopic (exact) mass is 886 g/mol. The van der Waals surface area contributed by atoms with E-state index in [1.54, 1.807) is 0 Å². The van der Waals surface area contributed by atoms with Gasteiger partial charge in [-0.05, 0) is 89.9 Å². The molecule has 0 radical (unpaired) electrons. The fourth-order valence-electron chi connectivity index (χ4n) is 5.81. The van der Waals surface area contributed by atoms with Crippen LogP contribution >= 0.6 is 7.82 Å². The smallest absolute Gasteiger partial charge is 0.306 e. The molecule has 1 unspecified atom stereocenters. The molecule has 9 nitrogen and oxygen atoms in total. The number of carbonyl (C=O) groups excluding carboxylic acids is 2. The zero-order valence-electron chi connectivity index (χ0n) is 39.8. The fraction of sp³-hybridized carbons (Fsp3) is 0.654. The maximum atomic E-state index is 12.7. The average molecular weight is 886 g/mol. The average Bonchev–Trinajstić information content (AvgIpc) is 3.23. The molecule has 0 aliphatic carbocycles. The minimum Gasteiger partial charge on any atom is -0.756 e. The molecule has 0 N–H and O–H groups in total. The Balaban J connectivity index is 4.52. The van der Waals surface area contributed by atoms with Gasteiger partial charge in [-0.15, -0.1) is 0 Å². The van der Waals surface area contributed by atoms with Crippen LogP contribution in [0.5, 0.6) is 0 Å². The Morgan fingerprint density at radius 3 is 1.32 bits per heavy atom. The Hall–Kier alpha value is -3.07. The van der Waals surface area contributed by atoms with Crippen LogP contribution in [-0.4, -0.2) is 70.0 Å². The molecule has 0 aromatic rings. The maximum absolute atomic E-state index is 12.7. The normalized spacial score (nSPS) is 14.4. The molecule has 0 heterocycles. The molecule has 0 saturated carbocycles. The molecule has 0 amide bonds. The summed E-state index contributed by atoms with van der Waals surface area (Å²) in [6.45, 7) is 4.05. The van der Waals surface area contributed by atoms with Gasteiger partial charge in [-0.2, -0.15) is 0 Å². The molecule has 0 aromatic carbocycles. The Labute approximate surface area is 379 Å². The first-order chi connectivity index (χ1) is 30.0. The molecule has 0 aliphatic heterocycles. The van der Waals surface area contributed by atoms with Gasteiger partial charge in [-0.1, -0.05) is 162 Å². The summed E-state index contributed by atoms with van der Waals surface area (Å²) in [6.07, 6.45) is 57.4. The SMILES string of the molecule is CCCCC/C=C/C/C=C/C/C=C/C/C=C/CCCC(=O)OC[C@H](COP(=O)([O-])OCC[N+](C)(C)C)OC(=O)CCC/C=C/C/C=C/C/C=C/C/C=C/CCCCCCCCC. The molecule has 354 valence electrons. The minimum atomic E-state index is -4.66. The van der Waals surface area contributed by atoms with Crippen molar-refractivity contribution in [2.45, 2.75) is 174 Å². The molecule has 0 saturated heterocycles. The summed E-state index contributed by atoms with van der Waals surface area (Å²) in [5, 5.41) is 0. The summed E-state index contributed by atoms with van der Waals surface area (Å²) in [5.41, 5.74) is 0. The van der Waals surface area contributed by atoms with E-state index >= 15 is 0 Å². The Kier molecular flexibility index (Phi) is 41.1. The number of hydrogen-bond acceptors (Lipinski definition) is 8. The predicted octanol–water partition coefficient (Wildman–Crippen LogP) is 13.5. The van der Waals surface area contributed by atoms with Gasteiger partial charge in [0.05, 0.1) is 27.7 Å². The zero-order chi connectivity index (χ0) is 45.7. The molecule has 2 atom stereocenters. The van der Waals surface area contributed by atoms with Gasteiger partial charge in [0, 0.05) is 12.8 Å². The lowest BCUT2D eigenvalue weighted by atomic mass is 10.1. The van der Waals surface area contributed by atoms with Crippen LogP contribution in [0.15, 0.2) is 97.2 Å². The number of hydrogen-bond donors (Lipinski definition) is 0. The maximum Gasteiger partial charge on any atom is 0.306 e. The van der Waals surface area contributed by atoms with Crippen LogP contribution in [0.2, 0.25) is 0 Å². The number of phosphoric ester groups is 1. The van der Waals surface area contributed by atoms with Crippen LogP contribution in [0.25, 0.3) is 0 Å². The standard InChI is InChI=1S/C52H88NO8P/c1-6-8-10-12-14-16-18-20-22-24-25-26-27-29-31-33-35-37-39-41-43-45-52(55)61-50(49-60-62(56,57)59-47-46-53(3,4)5)48-58-51(54)44-42-40-38-36-34-32-30-28-23-21-19-17-15-13-11-9-7-2/h15,17,21-24,26-27,30-33,36-39,50H,6-14,16,18-20,25,28-29,34-35,40-49H2,1-5H3/b17-15+,23-21+,24-22+,27-26+,32-30+,33-31+,38-36+,39-37+/t50-/m1/s1. The lowest BCUT2D eigenvalue weighted by Gasteiger charge is -2.28. The first kappa shape index (κ1) is 58.9. The third kappa shape index (κ3) is 46.4. The molecule has 0 bridgehead atoms. The fourth-order valence-corrected chi connectivity index (χ4v) is 6.54. The highest BCUT2D eigenvalue weighted by molar-refractivity contribution is 7.45. The van der Waals surface area contributed by atoms with Crippen molar-refractivity contribution >= 4 is 19.8 Å². The van der Waals surface area contributed by atoms with E-state index in [-0.39, 0.29) is 26.1 Å². The summed E-state index contributed by atoms with van der Waals surface area (Å²) < 4.78 is 33.8. The van der Waals surface area contributed by atoms with E-state index in [9.17, 15) is 19.0 Å². The second-order valence-corrected chi connectivity index (χ2v) is 18.2. The van der Waals surface area contributed by atoms with Crippen molar-refractivity contribution in [2.24, 2.45) is 0 Å². The number of likely N-dealkylation sites (N-methyl/N-ethyl adjacent to an activating group) is 1. The summed E-state index contributed by atoms with van der Waals surface area (Å²) in [4.78, 5) is 37.6. The van der Waals surface area contributed by atoms with Crippen molar-refractivity contribution in [2.75, 3.05) is 47.5 Å².